The summed E-state index contributed by atoms with van der Waals surface area (Å²) in [7, 11) is 0. The lowest BCUT2D eigenvalue weighted by molar-refractivity contribution is -0.149. The van der Waals surface area contributed by atoms with Crippen LogP contribution in [0.1, 0.15) is 12.5 Å². The van der Waals surface area contributed by atoms with Crippen LogP contribution in [0, 0.1) is 6.92 Å². The van der Waals surface area contributed by atoms with Gasteiger partial charge in [0.05, 0.1) is 6.04 Å². The molecule has 9 heteroatoms. The van der Waals surface area contributed by atoms with Gasteiger partial charge >= 0.3 is 5.97 Å². The van der Waals surface area contributed by atoms with Crippen LogP contribution in [0.15, 0.2) is 36.1 Å². The monoisotopic (exact) mass is 381 g/mol. The summed E-state index contributed by atoms with van der Waals surface area (Å²) < 4.78 is 10.6. The second-order valence-corrected chi connectivity index (χ2v) is 6.32. The van der Waals surface area contributed by atoms with Gasteiger partial charge in [-0.3, -0.25) is 4.79 Å². The Bertz CT molecular complexity index is 702. The first-order chi connectivity index (χ1) is 12.7. The summed E-state index contributed by atoms with van der Waals surface area (Å²) in [6, 6.07) is 5.88. The molecule has 0 spiro atoms. The summed E-state index contributed by atoms with van der Waals surface area (Å²) in [5.74, 6) is -2.07. The van der Waals surface area contributed by atoms with Crippen LogP contribution in [0.25, 0.3) is 0 Å². The summed E-state index contributed by atoms with van der Waals surface area (Å²) in [4.78, 5) is 22.5. The molecule has 1 aliphatic rings. The number of carboxylic acid groups (broad SMARTS) is 1. The Hall–Kier alpha value is -2.62. The van der Waals surface area contributed by atoms with Crippen molar-refractivity contribution < 1.29 is 39.5 Å². The second kappa shape index (κ2) is 8.85. The molecule has 0 fully saturated rings. The molecular weight excluding hydrogens is 358 g/mol. The highest BCUT2D eigenvalue weighted by Gasteiger charge is 2.43. The van der Waals surface area contributed by atoms with Gasteiger partial charge in [-0.15, -0.1) is 0 Å². The van der Waals surface area contributed by atoms with Crippen molar-refractivity contribution in [1.82, 2.24) is 5.32 Å². The molecule has 5 N–H and O–H groups in total. The minimum atomic E-state index is -1.63. The molecule has 0 saturated carbocycles. The number of rotatable bonds is 7. The van der Waals surface area contributed by atoms with Crippen molar-refractivity contribution in [3.05, 3.63) is 41.7 Å². The normalized spacial score (nSPS) is 24.2. The Balaban J connectivity index is 2.10. The zero-order valence-electron chi connectivity index (χ0n) is 14.9. The first-order valence-corrected chi connectivity index (χ1v) is 8.31. The first kappa shape index (κ1) is 20.7. The molecule has 1 aromatic carbocycles. The molecule has 1 heterocycles. The molecule has 0 aromatic heterocycles. The standard InChI is InChI=1S/C18H23NO8/c1-9-3-5-11(6-4-9)26-8-13(22)16(23)17-15(19-10(2)20)12(21)7-14(27-17)18(24)25/h3-7,12-13,15-17,21-23H,8H2,1-2H3,(H,19,20)(H,24,25)/t12-,13+,15+,16+,17+/m0/s1. The first-order valence-electron chi connectivity index (χ1n) is 8.31. The van der Waals surface area contributed by atoms with Crippen molar-refractivity contribution in [3.63, 3.8) is 0 Å². The zero-order valence-corrected chi connectivity index (χ0v) is 14.9. The third kappa shape index (κ3) is 5.43. The Morgan fingerprint density at radius 3 is 2.44 bits per heavy atom. The number of aryl methyl sites for hydroxylation is 1. The van der Waals surface area contributed by atoms with E-state index in [0.717, 1.165) is 11.6 Å². The number of hydrogen-bond acceptors (Lipinski definition) is 7. The summed E-state index contributed by atoms with van der Waals surface area (Å²) in [6.45, 7) is 2.80. The molecule has 9 nitrogen and oxygen atoms in total. The van der Waals surface area contributed by atoms with E-state index in [1.807, 2.05) is 19.1 Å². The summed E-state index contributed by atoms with van der Waals surface area (Å²) in [5, 5.41) is 42.2. The Labute approximate surface area is 155 Å². The molecule has 148 valence electrons. The smallest absolute Gasteiger partial charge is 0.370 e. The van der Waals surface area contributed by atoms with Crippen LogP contribution in [0.3, 0.4) is 0 Å². The Kier molecular flexibility index (Phi) is 6.78. The van der Waals surface area contributed by atoms with Crippen LogP contribution in [0.2, 0.25) is 0 Å². The lowest BCUT2D eigenvalue weighted by Gasteiger charge is -2.38. The van der Waals surface area contributed by atoms with Crippen LogP contribution < -0.4 is 10.1 Å². The van der Waals surface area contributed by atoms with Crippen LogP contribution in [-0.4, -0.2) is 69.4 Å². The van der Waals surface area contributed by atoms with E-state index >= 15 is 0 Å². The van der Waals surface area contributed by atoms with Gasteiger partial charge in [-0.2, -0.15) is 0 Å². The summed E-state index contributed by atoms with van der Waals surface area (Å²) in [5.41, 5.74) is 1.03. The maximum absolute atomic E-state index is 11.4. The van der Waals surface area contributed by atoms with Crippen molar-refractivity contribution in [2.75, 3.05) is 6.61 Å². The SMILES string of the molecule is CC(=O)N[C@H]1[C@H]([C@H](O)[C@H](O)COc2ccc(C)cc2)OC(C(=O)O)=C[C@@H]1O. The van der Waals surface area contributed by atoms with Gasteiger partial charge in [0.1, 0.15) is 30.7 Å². The fourth-order valence-corrected chi connectivity index (χ4v) is 2.65. The number of hydrogen-bond donors (Lipinski definition) is 5. The topological polar surface area (TPSA) is 146 Å². The average Bonchev–Trinajstić information content (AvgIpc) is 2.61. The van der Waals surface area contributed by atoms with E-state index in [4.69, 9.17) is 14.6 Å². The maximum atomic E-state index is 11.4. The number of amides is 1. The third-order valence-corrected chi connectivity index (χ3v) is 4.06. The van der Waals surface area contributed by atoms with E-state index in [0.29, 0.717) is 5.75 Å². The summed E-state index contributed by atoms with van der Waals surface area (Å²) >= 11 is 0. The number of carbonyl (C=O) groups excluding carboxylic acids is 1. The quantitative estimate of drug-likeness (QED) is 0.418. The lowest BCUT2D eigenvalue weighted by Crippen LogP contribution is -2.60. The van der Waals surface area contributed by atoms with Gasteiger partial charge in [-0.25, -0.2) is 4.79 Å². The molecule has 1 aliphatic heterocycles. The minimum Gasteiger partial charge on any atom is -0.491 e. The van der Waals surface area contributed by atoms with E-state index < -0.39 is 48.1 Å². The number of aliphatic hydroxyl groups excluding tert-OH is 3. The summed E-state index contributed by atoms with van der Waals surface area (Å²) in [6.07, 6.45) is -4.99. The van der Waals surface area contributed by atoms with E-state index in [1.165, 1.54) is 6.92 Å². The predicted molar refractivity (Wildman–Crippen MR) is 92.9 cm³/mol. The van der Waals surface area contributed by atoms with Gasteiger partial charge < -0.3 is 35.2 Å². The highest BCUT2D eigenvalue weighted by molar-refractivity contribution is 5.84. The minimum absolute atomic E-state index is 0.306. The molecule has 0 bridgehead atoms. The highest BCUT2D eigenvalue weighted by atomic mass is 16.5. The van der Waals surface area contributed by atoms with Crippen LogP contribution >= 0.6 is 0 Å². The van der Waals surface area contributed by atoms with Crippen LogP contribution in [-0.2, 0) is 14.3 Å². The number of benzene rings is 1. The number of nitrogens with one attached hydrogen (secondary N) is 1. The van der Waals surface area contributed by atoms with Gasteiger partial charge in [0.2, 0.25) is 11.7 Å². The predicted octanol–water partition coefficient (Wildman–Crippen LogP) is -0.671. The second-order valence-electron chi connectivity index (χ2n) is 6.32. The molecule has 0 aliphatic carbocycles. The largest absolute Gasteiger partial charge is 0.491 e. The molecule has 27 heavy (non-hydrogen) atoms. The number of carbonyl (C=O) groups is 2. The lowest BCUT2D eigenvalue weighted by atomic mass is 9.94. The maximum Gasteiger partial charge on any atom is 0.370 e. The zero-order chi connectivity index (χ0) is 20.1. The van der Waals surface area contributed by atoms with Gasteiger partial charge in [0.25, 0.3) is 0 Å². The van der Waals surface area contributed by atoms with E-state index in [-0.39, 0.29) is 6.61 Å². The van der Waals surface area contributed by atoms with E-state index in [2.05, 4.69) is 5.32 Å². The number of ether oxygens (including phenoxy) is 2. The van der Waals surface area contributed by atoms with Crippen molar-refractivity contribution in [2.24, 2.45) is 0 Å². The molecule has 0 radical (unpaired) electrons. The number of carboxylic acids is 1. The molecule has 0 saturated heterocycles. The molecule has 1 amide bonds. The third-order valence-electron chi connectivity index (χ3n) is 4.06. The fourth-order valence-electron chi connectivity index (χ4n) is 2.65. The Morgan fingerprint density at radius 1 is 1.26 bits per heavy atom. The van der Waals surface area contributed by atoms with Crippen molar-refractivity contribution in [1.29, 1.82) is 0 Å². The van der Waals surface area contributed by atoms with Crippen molar-refractivity contribution in [3.8, 4) is 5.75 Å². The van der Waals surface area contributed by atoms with Crippen molar-refractivity contribution in [2.45, 2.75) is 44.3 Å². The van der Waals surface area contributed by atoms with Crippen LogP contribution in [0.5, 0.6) is 5.75 Å². The molecule has 2 rings (SSSR count). The van der Waals surface area contributed by atoms with Crippen molar-refractivity contribution >= 4 is 11.9 Å². The van der Waals surface area contributed by atoms with Gasteiger partial charge in [-0.1, -0.05) is 17.7 Å². The molecule has 5 atom stereocenters. The van der Waals surface area contributed by atoms with Crippen LogP contribution in [0.4, 0.5) is 0 Å². The highest BCUT2D eigenvalue weighted by Crippen LogP contribution is 2.23. The average molecular weight is 381 g/mol. The van der Waals surface area contributed by atoms with E-state index in [1.54, 1.807) is 12.1 Å². The van der Waals surface area contributed by atoms with Gasteiger partial charge in [0.15, 0.2) is 6.10 Å². The molecule has 0 unspecified atom stereocenters. The number of aliphatic carboxylic acids is 1. The van der Waals surface area contributed by atoms with Gasteiger partial charge in [0, 0.05) is 6.92 Å². The Morgan fingerprint density at radius 2 is 1.89 bits per heavy atom. The van der Waals surface area contributed by atoms with Gasteiger partial charge in [-0.05, 0) is 25.1 Å². The van der Waals surface area contributed by atoms with E-state index in [9.17, 15) is 24.9 Å². The number of aliphatic hydroxyl groups is 3. The molecule has 1 aromatic rings. The molecular formula is C18H23NO8. The fraction of sp³-hybridized carbons (Fsp3) is 0.444.